The minimum atomic E-state index is 0.386. The molecule has 1 aliphatic rings. The lowest BCUT2D eigenvalue weighted by Crippen LogP contribution is -2.21. The van der Waals surface area contributed by atoms with Crippen molar-refractivity contribution in [1.82, 2.24) is 10.3 Å². The molecule has 21 heavy (non-hydrogen) atoms. The molecule has 0 radical (unpaired) electrons. The van der Waals surface area contributed by atoms with Gasteiger partial charge in [-0.25, -0.2) is 4.98 Å². The third kappa shape index (κ3) is 3.27. The first kappa shape index (κ1) is 14.5. The average Bonchev–Trinajstić information content (AvgIpc) is 2.86. The van der Waals surface area contributed by atoms with Crippen molar-refractivity contribution in [1.29, 1.82) is 0 Å². The first-order valence-electron chi connectivity index (χ1n) is 7.53. The predicted molar refractivity (Wildman–Crippen MR) is 87.2 cm³/mol. The third-order valence-corrected chi connectivity index (χ3v) is 5.13. The van der Waals surface area contributed by atoms with Gasteiger partial charge in [-0.15, -0.1) is 11.3 Å². The van der Waals surface area contributed by atoms with Crippen molar-refractivity contribution >= 4 is 11.3 Å². The van der Waals surface area contributed by atoms with Crippen LogP contribution in [0.15, 0.2) is 24.3 Å². The maximum Gasteiger partial charge on any atom is 0.122 e. The fourth-order valence-electron chi connectivity index (χ4n) is 2.57. The zero-order valence-electron chi connectivity index (χ0n) is 12.8. The summed E-state index contributed by atoms with van der Waals surface area (Å²) in [6.07, 6.45) is 1.03. The first-order chi connectivity index (χ1) is 10.1. The Morgan fingerprint density at radius 3 is 3.00 bits per heavy atom. The summed E-state index contributed by atoms with van der Waals surface area (Å²) < 4.78 is 5.89. The molecule has 2 heterocycles. The number of fused-ring (bicyclic) bond motifs is 1. The van der Waals surface area contributed by atoms with Crippen LogP contribution in [0.2, 0.25) is 0 Å². The number of para-hydroxylation sites is 1. The van der Waals surface area contributed by atoms with E-state index in [1.807, 2.05) is 17.4 Å². The Hall–Kier alpha value is -1.39. The number of aromatic nitrogens is 1. The Morgan fingerprint density at radius 2 is 2.19 bits per heavy atom. The molecule has 0 bridgehead atoms. The number of rotatable bonds is 4. The largest absolute Gasteiger partial charge is 0.493 e. The maximum atomic E-state index is 5.89. The molecule has 1 aromatic heterocycles. The van der Waals surface area contributed by atoms with Crippen molar-refractivity contribution in [3.8, 4) is 5.75 Å². The van der Waals surface area contributed by atoms with Crippen LogP contribution in [0.4, 0.5) is 0 Å². The van der Waals surface area contributed by atoms with Crippen LogP contribution in [0.5, 0.6) is 5.75 Å². The molecule has 3 rings (SSSR count). The molecule has 0 amide bonds. The Bertz CT molecular complexity index is 621. The molecular weight excluding hydrogens is 280 g/mol. The van der Waals surface area contributed by atoms with Crippen LogP contribution < -0.4 is 10.1 Å². The molecule has 1 unspecified atom stereocenters. The number of nitrogens with one attached hydrogen (secondary N) is 1. The van der Waals surface area contributed by atoms with Crippen molar-refractivity contribution in [2.75, 3.05) is 6.61 Å². The summed E-state index contributed by atoms with van der Waals surface area (Å²) in [6.45, 7) is 8.09. The van der Waals surface area contributed by atoms with Gasteiger partial charge >= 0.3 is 0 Å². The minimum absolute atomic E-state index is 0.386. The molecule has 0 spiro atoms. The molecular formula is C17H22N2OS. The summed E-state index contributed by atoms with van der Waals surface area (Å²) in [5.74, 6) is 1.42. The average molecular weight is 302 g/mol. The highest BCUT2D eigenvalue weighted by atomic mass is 32.1. The van der Waals surface area contributed by atoms with E-state index in [0.717, 1.165) is 31.0 Å². The van der Waals surface area contributed by atoms with Gasteiger partial charge in [0.25, 0.3) is 0 Å². The van der Waals surface area contributed by atoms with Crippen molar-refractivity contribution in [2.45, 2.75) is 45.7 Å². The Kier molecular flexibility index (Phi) is 4.27. The summed E-state index contributed by atoms with van der Waals surface area (Å²) in [7, 11) is 0. The van der Waals surface area contributed by atoms with Gasteiger partial charge in [0.15, 0.2) is 0 Å². The van der Waals surface area contributed by atoms with Crippen molar-refractivity contribution < 1.29 is 4.74 Å². The van der Waals surface area contributed by atoms with Gasteiger partial charge in [0, 0.05) is 23.4 Å². The molecule has 0 saturated heterocycles. The molecule has 0 fully saturated rings. The van der Waals surface area contributed by atoms with Crippen LogP contribution >= 0.6 is 11.3 Å². The van der Waals surface area contributed by atoms with Gasteiger partial charge in [-0.1, -0.05) is 32.0 Å². The summed E-state index contributed by atoms with van der Waals surface area (Å²) in [6, 6.07) is 8.82. The number of thiazole rings is 1. The standard InChI is InChI=1S/C17H22N2OS/c1-11(2)18-9-16-12(3)19-17(21-16)14-8-13-6-4-5-7-15(13)20-10-14/h4-7,11,14,18H,8-10H2,1-3H3. The molecule has 1 aliphatic heterocycles. The monoisotopic (exact) mass is 302 g/mol. The van der Waals surface area contributed by atoms with E-state index in [4.69, 9.17) is 9.72 Å². The van der Waals surface area contributed by atoms with E-state index in [9.17, 15) is 0 Å². The molecule has 112 valence electrons. The Labute approximate surface area is 130 Å². The second-order valence-electron chi connectivity index (χ2n) is 5.92. The van der Waals surface area contributed by atoms with Gasteiger partial charge in [0.05, 0.1) is 17.3 Å². The molecule has 1 aromatic carbocycles. The third-order valence-electron chi connectivity index (χ3n) is 3.81. The van der Waals surface area contributed by atoms with Gasteiger partial charge in [0.2, 0.25) is 0 Å². The lowest BCUT2D eigenvalue weighted by atomic mass is 9.97. The van der Waals surface area contributed by atoms with E-state index in [1.165, 1.54) is 15.4 Å². The molecule has 1 N–H and O–H groups in total. The van der Waals surface area contributed by atoms with E-state index in [1.54, 1.807) is 0 Å². The highest BCUT2D eigenvalue weighted by Gasteiger charge is 2.24. The van der Waals surface area contributed by atoms with Crippen LogP contribution in [0.25, 0.3) is 0 Å². The van der Waals surface area contributed by atoms with Crippen LogP contribution in [0, 0.1) is 6.92 Å². The normalized spacial score (nSPS) is 17.6. The molecule has 0 aliphatic carbocycles. The molecule has 2 aromatic rings. The van der Waals surface area contributed by atoms with Crippen LogP contribution in [0.3, 0.4) is 0 Å². The fraction of sp³-hybridized carbons (Fsp3) is 0.471. The zero-order chi connectivity index (χ0) is 14.8. The summed E-state index contributed by atoms with van der Waals surface area (Å²) in [5, 5.41) is 4.68. The van der Waals surface area contributed by atoms with Crippen molar-refractivity contribution in [3.05, 3.63) is 45.4 Å². The predicted octanol–water partition coefficient (Wildman–Crippen LogP) is 3.67. The lowest BCUT2D eigenvalue weighted by Gasteiger charge is -2.23. The number of nitrogens with zero attached hydrogens (tertiary/aromatic N) is 1. The van der Waals surface area contributed by atoms with Crippen molar-refractivity contribution in [2.24, 2.45) is 0 Å². The highest BCUT2D eigenvalue weighted by Crippen LogP contribution is 2.34. The van der Waals surface area contributed by atoms with E-state index >= 15 is 0 Å². The Balaban J connectivity index is 1.75. The first-order valence-corrected chi connectivity index (χ1v) is 8.35. The maximum absolute atomic E-state index is 5.89. The number of hydrogen-bond acceptors (Lipinski definition) is 4. The summed E-state index contributed by atoms with van der Waals surface area (Å²) >= 11 is 1.83. The SMILES string of the molecule is Cc1nc(C2COc3ccccc3C2)sc1CNC(C)C. The van der Waals surface area contributed by atoms with Gasteiger partial charge < -0.3 is 10.1 Å². The lowest BCUT2D eigenvalue weighted by molar-refractivity contribution is 0.262. The number of benzene rings is 1. The van der Waals surface area contributed by atoms with Gasteiger partial charge in [-0.2, -0.15) is 0 Å². The second kappa shape index (κ2) is 6.16. The van der Waals surface area contributed by atoms with E-state index < -0.39 is 0 Å². The number of aryl methyl sites for hydroxylation is 1. The molecule has 3 nitrogen and oxygen atoms in total. The van der Waals surface area contributed by atoms with E-state index in [-0.39, 0.29) is 0 Å². The molecule has 4 heteroatoms. The van der Waals surface area contributed by atoms with Gasteiger partial charge in [0.1, 0.15) is 5.75 Å². The summed E-state index contributed by atoms with van der Waals surface area (Å²) in [4.78, 5) is 6.13. The fourth-order valence-corrected chi connectivity index (χ4v) is 3.67. The highest BCUT2D eigenvalue weighted by molar-refractivity contribution is 7.11. The number of hydrogen-bond donors (Lipinski definition) is 1. The minimum Gasteiger partial charge on any atom is -0.493 e. The summed E-state index contributed by atoms with van der Waals surface area (Å²) in [5.41, 5.74) is 2.45. The van der Waals surface area contributed by atoms with Crippen molar-refractivity contribution in [3.63, 3.8) is 0 Å². The second-order valence-corrected chi connectivity index (χ2v) is 7.03. The quantitative estimate of drug-likeness (QED) is 0.935. The van der Waals surface area contributed by atoms with E-state index in [0.29, 0.717) is 12.0 Å². The van der Waals surface area contributed by atoms with Crippen LogP contribution in [-0.4, -0.2) is 17.6 Å². The molecule has 1 atom stereocenters. The zero-order valence-corrected chi connectivity index (χ0v) is 13.7. The van der Waals surface area contributed by atoms with Gasteiger partial charge in [-0.05, 0) is 25.0 Å². The van der Waals surface area contributed by atoms with E-state index in [2.05, 4.69) is 44.3 Å². The van der Waals surface area contributed by atoms with Crippen LogP contribution in [-0.2, 0) is 13.0 Å². The topological polar surface area (TPSA) is 34.1 Å². The smallest absolute Gasteiger partial charge is 0.122 e. The van der Waals surface area contributed by atoms with Gasteiger partial charge in [-0.3, -0.25) is 0 Å². The number of ether oxygens (including phenoxy) is 1. The Morgan fingerprint density at radius 1 is 1.38 bits per heavy atom. The van der Waals surface area contributed by atoms with Crippen LogP contribution in [0.1, 0.15) is 40.9 Å². The molecule has 0 saturated carbocycles.